The molecule has 14 heavy (non-hydrogen) atoms. The molecule has 0 spiro atoms. The van der Waals surface area contributed by atoms with E-state index in [1.807, 2.05) is 13.8 Å². The van der Waals surface area contributed by atoms with E-state index < -0.39 is 0 Å². The van der Waals surface area contributed by atoms with Crippen LogP contribution in [-0.4, -0.2) is 18.0 Å². The Hall–Kier alpha value is -0.570. The molecule has 2 unspecified atom stereocenters. The average molecular weight is 200 g/mol. The van der Waals surface area contributed by atoms with Crippen molar-refractivity contribution in [3.05, 3.63) is 0 Å². The molecule has 1 amide bonds. The molecule has 3 N–H and O–H groups in total. The molecule has 0 aromatic heterocycles. The summed E-state index contributed by atoms with van der Waals surface area (Å²) in [4.78, 5) is 11.7. The van der Waals surface area contributed by atoms with E-state index in [1.54, 1.807) is 0 Å². The Labute approximate surface area is 87.4 Å². The van der Waals surface area contributed by atoms with E-state index in [0.717, 1.165) is 19.3 Å². The molecule has 0 fully saturated rings. The van der Waals surface area contributed by atoms with Gasteiger partial charge in [-0.2, -0.15) is 0 Å². The zero-order valence-electron chi connectivity index (χ0n) is 9.89. The lowest BCUT2D eigenvalue weighted by Gasteiger charge is -2.30. The second-order valence-corrected chi connectivity index (χ2v) is 4.25. The standard InChI is InChI=1S/C11H24N2O/c1-5-9(3)10(14)13-11(4,6-2)7-8-12/h9H,5-8,12H2,1-4H3,(H,13,14). The smallest absolute Gasteiger partial charge is 0.223 e. The van der Waals surface area contributed by atoms with Crippen LogP contribution in [0.25, 0.3) is 0 Å². The molecule has 0 saturated heterocycles. The van der Waals surface area contributed by atoms with Crippen LogP contribution in [0.4, 0.5) is 0 Å². The van der Waals surface area contributed by atoms with Crippen LogP contribution >= 0.6 is 0 Å². The molecule has 0 aliphatic heterocycles. The van der Waals surface area contributed by atoms with Gasteiger partial charge in [0.05, 0.1) is 0 Å². The predicted octanol–water partition coefficient (Wildman–Crippen LogP) is 1.67. The number of nitrogens with two attached hydrogens (primary N) is 1. The molecule has 0 radical (unpaired) electrons. The SMILES string of the molecule is CCC(C)C(=O)NC(C)(CC)CCN. The number of rotatable bonds is 6. The maximum absolute atomic E-state index is 11.7. The lowest BCUT2D eigenvalue weighted by molar-refractivity contribution is -0.126. The van der Waals surface area contributed by atoms with Gasteiger partial charge in [-0.15, -0.1) is 0 Å². The van der Waals surface area contributed by atoms with Crippen molar-refractivity contribution in [1.29, 1.82) is 0 Å². The summed E-state index contributed by atoms with van der Waals surface area (Å²) in [6.07, 6.45) is 2.65. The number of carbonyl (C=O) groups is 1. The Morgan fingerprint density at radius 1 is 1.50 bits per heavy atom. The highest BCUT2D eigenvalue weighted by molar-refractivity contribution is 5.78. The summed E-state index contributed by atoms with van der Waals surface area (Å²) in [7, 11) is 0. The van der Waals surface area contributed by atoms with Crippen LogP contribution in [-0.2, 0) is 4.79 Å². The van der Waals surface area contributed by atoms with Gasteiger partial charge in [0, 0.05) is 11.5 Å². The van der Waals surface area contributed by atoms with E-state index in [9.17, 15) is 4.79 Å². The van der Waals surface area contributed by atoms with Crippen molar-refractivity contribution in [2.45, 2.75) is 52.5 Å². The molecular formula is C11H24N2O. The van der Waals surface area contributed by atoms with E-state index >= 15 is 0 Å². The molecule has 2 atom stereocenters. The van der Waals surface area contributed by atoms with Gasteiger partial charge in [0.25, 0.3) is 0 Å². The Balaban J connectivity index is 4.23. The number of hydrogen-bond acceptors (Lipinski definition) is 2. The fourth-order valence-corrected chi connectivity index (χ4v) is 1.25. The molecule has 0 bridgehead atoms. The highest BCUT2D eigenvalue weighted by Crippen LogP contribution is 2.14. The third kappa shape index (κ3) is 4.09. The number of nitrogens with one attached hydrogen (secondary N) is 1. The Kier molecular flexibility index (Phi) is 5.77. The van der Waals surface area contributed by atoms with Gasteiger partial charge in [-0.25, -0.2) is 0 Å². The molecule has 0 heterocycles. The van der Waals surface area contributed by atoms with E-state index in [1.165, 1.54) is 0 Å². The van der Waals surface area contributed by atoms with Crippen LogP contribution in [0, 0.1) is 5.92 Å². The number of amides is 1. The third-order valence-corrected chi connectivity index (χ3v) is 2.96. The van der Waals surface area contributed by atoms with Gasteiger partial charge in [0.15, 0.2) is 0 Å². The maximum Gasteiger partial charge on any atom is 0.223 e. The van der Waals surface area contributed by atoms with E-state index in [-0.39, 0.29) is 17.4 Å². The van der Waals surface area contributed by atoms with Crippen LogP contribution in [0.3, 0.4) is 0 Å². The second kappa shape index (κ2) is 6.02. The van der Waals surface area contributed by atoms with Crippen LogP contribution in [0.5, 0.6) is 0 Å². The van der Waals surface area contributed by atoms with Crippen molar-refractivity contribution in [2.24, 2.45) is 11.7 Å². The van der Waals surface area contributed by atoms with Crippen molar-refractivity contribution in [1.82, 2.24) is 5.32 Å². The Bertz CT molecular complexity index is 182. The summed E-state index contributed by atoms with van der Waals surface area (Å²) in [6.45, 7) is 8.72. The fourth-order valence-electron chi connectivity index (χ4n) is 1.25. The Morgan fingerprint density at radius 2 is 2.07 bits per heavy atom. The highest BCUT2D eigenvalue weighted by Gasteiger charge is 2.24. The van der Waals surface area contributed by atoms with Gasteiger partial charge < -0.3 is 11.1 Å². The molecule has 3 heteroatoms. The molecule has 0 aromatic rings. The molecule has 0 aliphatic carbocycles. The number of carbonyl (C=O) groups excluding carboxylic acids is 1. The molecule has 3 nitrogen and oxygen atoms in total. The minimum atomic E-state index is -0.130. The summed E-state index contributed by atoms with van der Waals surface area (Å²) in [5.74, 6) is 0.240. The van der Waals surface area contributed by atoms with Gasteiger partial charge in [-0.05, 0) is 32.7 Å². The lowest BCUT2D eigenvalue weighted by Crippen LogP contribution is -2.48. The van der Waals surface area contributed by atoms with Gasteiger partial charge in [0.2, 0.25) is 5.91 Å². The fraction of sp³-hybridized carbons (Fsp3) is 0.909. The van der Waals surface area contributed by atoms with Gasteiger partial charge in [-0.1, -0.05) is 20.8 Å². The van der Waals surface area contributed by atoms with Crippen molar-refractivity contribution in [3.8, 4) is 0 Å². The minimum Gasteiger partial charge on any atom is -0.351 e. The van der Waals surface area contributed by atoms with Crippen LogP contribution in [0.2, 0.25) is 0 Å². The van der Waals surface area contributed by atoms with Crippen LogP contribution in [0.15, 0.2) is 0 Å². The molecular weight excluding hydrogens is 176 g/mol. The molecule has 84 valence electrons. The predicted molar refractivity (Wildman–Crippen MR) is 60.0 cm³/mol. The monoisotopic (exact) mass is 200 g/mol. The average Bonchev–Trinajstić information content (AvgIpc) is 2.16. The quantitative estimate of drug-likeness (QED) is 0.685. The summed E-state index contributed by atoms with van der Waals surface area (Å²) in [6, 6.07) is 0. The van der Waals surface area contributed by atoms with Crippen LogP contribution in [0.1, 0.15) is 47.0 Å². The molecule has 0 rings (SSSR count). The first kappa shape index (κ1) is 13.4. The first-order chi connectivity index (χ1) is 6.49. The zero-order chi connectivity index (χ0) is 11.2. The van der Waals surface area contributed by atoms with Gasteiger partial charge in [-0.3, -0.25) is 4.79 Å². The first-order valence-electron chi connectivity index (χ1n) is 5.51. The minimum absolute atomic E-state index is 0.0960. The summed E-state index contributed by atoms with van der Waals surface area (Å²) < 4.78 is 0. The van der Waals surface area contributed by atoms with Gasteiger partial charge in [0.1, 0.15) is 0 Å². The van der Waals surface area contributed by atoms with Gasteiger partial charge >= 0.3 is 0 Å². The van der Waals surface area contributed by atoms with E-state index in [2.05, 4.69) is 19.2 Å². The van der Waals surface area contributed by atoms with E-state index in [4.69, 9.17) is 5.73 Å². The highest BCUT2D eigenvalue weighted by atomic mass is 16.2. The number of hydrogen-bond donors (Lipinski definition) is 2. The molecule has 0 saturated carbocycles. The first-order valence-corrected chi connectivity index (χ1v) is 5.51. The zero-order valence-corrected chi connectivity index (χ0v) is 9.89. The summed E-state index contributed by atoms with van der Waals surface area (Å²) in [5, 5.41) is 3.08. The largest absolute Gasteiger partial charge is 0.351 e. The van der Waals surface area contributed by atoms with Crippen molar-refractivity contribution in [3.63, 3.8) is 0 Å². The van der Waals surface area contributed by atoms with Crippen molar-refractivity contribution in [2.75, 3.05) is 6.54 Å². The summed E-state index contributed by atoms with van der Waals surface area (Å²) in [5.41, 5.74) is 5.39. The Morgan fingerprint density at radius 3 is 2.43 bits per heavy atom. The van der Waals surface area contributed by atoms with Crippen molar-refractivity contribution >= 4 is 5.91 Å². The second-order valence-electron chi connectivity index (χ2n) is 4.25. The van der Waals surface area contributed by atoms with Crippen molar-refractivity contribution < 1.29 is 4.79 Å². The topological polar surface area (TPSA) is 55.1 Å². The molecule has 0 aromatic carbocycles. The summed E-state index contributed by atoms with van der Waals surface area (Å²) >= 11 is 0. The third-order valence-electron chi connectivity index (χ3n) is 2.96. The maximum atomic E-state index is 11.7. The normalized spacial score (nSPS) is 17.2. The van der Waals surface area contributed by atoms with E-state index in [0.29, 0.717) is 6.54 Å². The lowest BCUT2D eigenvalue weighted by atomic mass is 9.93. The van der Waals surface area contributed by atoms with Crippen LogP contribution < -0.4 is 11.1 Å². The molecule has 0 aliphatic rings.